The van der Waals surface area contributed by atoms with Gasteiger partial charge >= 0.3 is 12.1 Å². The van der Waals surface area contributed by atoms with Crippen LogP contribution in [0.5, 0.6) is 11.5 Å². The lowest BCUT2D eigenvalue weighted by Crippen LogP contribution is -2.27. The zero-order valence-corrected chi connectivity index (χ0v) is 19.1. The third-order valence-corrected chi connectivity index (χ3v) is 5.26. The highest BCUT2D eigenvalue weighted by Gasteiger charge is 2.04. The Morgan fingerprint density at radius 1 is 0.562 bits per heavy atom. The van der Waals surface area contributed by atoms with Gasteiger partial charge in [0.05, 0.1) is 0 Å². The SMILES string of the molecule is O=C(CCCCCCCCCCCCCNC(=O)Oc1ccccc1)Oc1ccccc1. The number of carbonyl (C=O) groups excluding carboxylic acids is 2. The molecule has 2 rings (SSSR count). The summed E-state index contributed by atoms with van der Waals surface area (Å²) in [6.45, 7) is 0.657. The summed E-state index contributed by atoms with van der Waals surface area (Å²) in [5.74, 6) is 1.05. The van der Waals surface area contributed by atoms with Gasteiger partial charge in [0.15, 0.2) is 0 Å². The highest BCUT2D eigenvalue weighted by Crippen LogP contribution is 2.14. The zero-order valence-electron chi connectivity index (χ0n) is 19.1. The molecule has 2 aromatic carbocycles. The second-order valence-corrected chi connectivity index (χ2v) is 8.06. The Hall–Kier alpha value is -2.82. The van der Waals surface area contributed by atoms with E-state index >= 15 is 0 Å². The van der Waals surface area contributed by atoms with Crippen molar-refractivity contribution in [2.45, 2.75) is 77.0 Å². The van der Waals surface area contributed by atoms with E-state index in [2.05, 4.69) is 5.32 Å². The monoisotopic (exact) mass is 439 g/mol. The number of hydrogen-bond donors (Lipinski definition) is 1. The number of ether oxygens (including phenoxy) is 2. The van der Waals surface area contributed by atoms with E-state index in [1.165, 1.54) is 44.9 Å². The fraction of sp³-hybridized carbons (Fsp3) is 0.481. The van der Waals surface area contributed by atoms with Gasteiger partial charge < -0.3 is 14.8 Å². The maximum absolute atomic E-state index is 11.8. The van der Waals surface area contributed by atoms with Crippen LogP contribution in [0.15, 0.2) is 60.7 Å². The Labute approximate surface area is 192 Å². The van der Waals surface area contributed by atoms with Crippen molar-refractivity contribution in [2.75, 3.05) is 6.54 Å². The first-order valence-corrected chi connectivity index (χ1v) is 12.0. The quantitative estimate of drug-likeness (QED) is 0.173. The summed E-state index contributed by atoms with van der Waals surface area (Å²) in [6, 6.07) is 18.4. The molecule has 0 radical (unpaired) electrons. The number of rotatable bonds is 16. The summed E-state index contributed by atoms with van der Waals surface area (Å²) >= 11 is 0. The molecule has 0 aliphatic rings. The first-order chi connectivity index (χ1) is 15.7. The molecule has 0 unspecified atom stereocenters. The molecule has 0 aliphatic carbocycles. The normalized spacial score (nSPS) is 10.5. The number of carbonyl (C=O) groups is 2. The lowest BCUT2D eigenvalue weighted by atomic mass is 10.1. The molecule has 5 nitrogen and oxygen atoms in total. The molecule has 0 saturated carbocycles. The Morgan fingerprint density at radius 2 is 1.00 bits per heavy atom. The maximum Gasteiger partial charge on any atom is 0.412 e. The van der Waals surface area contributed by atoms with Gasteiger partial charge in [-0.1, -0.05) is 94.2 Å². The average molecular weight is 440 g/mol. The lowest BCUT2D eigenvalue weighted by Gasteiger charge is -2.06. The molecule has 0 aromatic heterocycles. The fourth-order valence-corrected chi connectivity index (χ4v) is 3.48. The summed E-state index contributed by atoms with van der Waals surface area (Å²) in [7, 11) is 0. The number of esters is 1. The van der Waals surface area contributed by atoms with Crippen molar-refractivity contribution >= 4 is 12.1 Å². The largest absolute Gasteiger partial charge is 0.427 e. The number of nitrogens with one attached hydrogen (secondary N) is 1. The van der Waals surface area contributed by atoms with Crippen molar-refractivity contribution in [3.8, 4) is 11.5 Å². The molecule has 2 aromatic rings. The molecule has 32 heavy (non-hydrogen) atoms. The lowest BCUT2D eigenvalue weighted by molar-refractivity contribution is -0.134. The van der Waals surface area contributed by atoms with E-state index < -0.39 is 0 Å². The van der Waals surface area contributed by atoms with Gasteiger partial charge in [0.25, 0.3) is 0 Å². The van der Waals surface area contributed by atoms with E-state index in [0.29, 0.717) is 24.5 Å². The third kappa shape index (κ3) is 12.8. The van der Waals surface area contributed by atoms with E-state index in [1.807, 2.05) is 36.4 Å². The van der Waals surface area contributed by atoms with Crippen LogP contribution >= 0.6 is 0 Å². The number of amides is 1. The predicted molar refractivity (Wildman–Crippen MR) is 128 cm³/mol. The molecule has 0 fully saturated rings. The summed E-state index contributed by atoms with van der Waals surface area (Å²) < 4.78 is 10.5. The summed E-state index contributed by atoms with van der Waals surface area (Å²) in [4.78, 5) is 23.4. The molecular formula is C27H37NO4. The van der Waals surface area contributed by atoms with Gasteiger partial charge in [0.1, 0.15) is 11.5 Å². The fourth-order valence-electron chi connectivity index (χ4n) is 3.48. The minimum absolute atomic E-state index is 0.139. The third-order valence-electron chi connectivity index (χ3n) is 5.26. The molecular weight excluding hydrogens is 402 g/mol. The average Bonchev–Trinajstić information content (AvgIpc) is 2.80. The van der Waals surface area contributed by atoms with Crippen molar-refractivity contribution in [1.82, 2.24) is 5.32 Å². The van der Waals surface area contributed by atoms with Gasteiger partial charge in [-0.3, -0.25) is 4.79 Å². The van der Waals surface area contributed by atoms with Crippen LogP contribution in [0.2, 0.25) is 0 Å². The highest BCUT2D eigenvalue weighted by molar-refractivity contribution is 5.72. The van der Waals surface area contributed by atoms with Crippen LogP contribution in [-0.2, 0) is 4.79 Å². The Balaban J connectivity index is 1.30. The van der Waals surface area contributed by atoms with Crippen molar-refractivity contribution in [3.05, 3.63) is 60.7 Å². The smallest absolute Gasteiger partial charge is 0.412 e. The molecule has 5 heteroatoms. The Bertz CT molecular complexity index is 683. The first kappa shape index (κ1) is 25.4. The molecule has 0 heterocycles. The summed E-state index contributed by atoms with van der Waals surface area (Å²) in [6.07, 6.45) is 12.9. The second-order valence-electron chi connectivity index (χ2n) is 8.06. The van der Waals surface area contributed by atoms with E-state index in [4.69, 9.17) is 9.47 Å². The van der Waals surface area contributed by atoms with Gasteiger partial charge in [-0.05, 0) is 37.1 Å². The van der Waals surface area contributed by atoms with Crippen LogP contribution in [0.1, 0.15) is 77.0 Å². The molecule has 1 amide bonds. The van der Waals surface area contributed by atoms with Crippen molar-refractivity contribution in [3.63, 3.8) is 0 Å². The van der Waals surface area contributed by atoms with Crippen LogP contribution < -0.4 is 14.8 Å². The summed E-state index contributed by atoms with van der Waals surface area (Å²) in [5, 5.41) is 2.80. The van der Waals surface area contributed by atoms with Gasteiger partial charge in [-0.25, -0.2) is 4.79 Å². The van der Waals surface area contributed by atoms with Crippen LogP contribution in [0, 0.1) is 0 Å². The zero-order chi connectivity index (χ0) is 22.7. The molecule has 0 bridgehead atoms. The topological polar surface area (TPSA) is 64.6 Å². The van der Waals surface area contributed by atoms with E-state index in [0.717, 1.165) is 25.7 Å². The predicted octanol–water partition coefficient (Wildman–Crippen LogP) is 7.06. The molecule has 0 saturated heterocycles. The first-order valence-electron chi connectivity index (χ1n) is 12.0. The standard InChI is InChI=1S/C27H37NO4/c29-26(31-24-18-12-10-13-19-24)22-16-8-6-4-2-1-3-5-7-9-17-23-28-27(30)32-25-20-14-11-15-21-25/h10-15,18-21H,1-9,16-17,22-23H2,(H,28,30). The minimum atomic E-state index is -0.385. The Kier molecular flexibility index (Phi) is 13.4. The summed E-state index contributed by atoms with van der Waals surface area (Å²) in [5.41, 5.74) is 0. The van der Waals surface area contributed by atoms with Gasteiger partial charge in [0, 0.05) is 13.0 Å². The van der Waals surface area contributed by atoms with E-state index in [1.54, 1.807) is 24.3 Å². The van der Waals surface area contributed by atoms with Crippen LogP contribution in [-0.4, -0.2) is 18.6 Å². The van der Waals surface area contributed by atoms with Crippen LogP contribution in [0.25, 0.3) is 0 Å². The van der Waals surface area contributed by atoms with Crippen molar-refractivity contribution in [2.24, 2.45) is 0 Å². The molecule has 0 spiro atoms. The van der Waals surface area contributed by atoms with Gasteiger partial charge in [-0.2, -0.15) is 0 Å². The van der Waals surface area contributed by atoms with Crippen molar-refractivity contribution < 1.29 is 19.1 Å². The molecule has 174 valence electrons. The number of para-hydroxylation sites is 2. The second kappa shape index (κ2) is 16.8. The van der Waals surface area contributed by atoms with E-state index in [-0.39, 0.29) is 12.1 Å². The molecule has 0 aliphatic heterocycles. The number of hydrogen-bond acceptors (Lipinski definition) is 4. The molecule has 1 N–H and O–H groups in total. The maximum atomic E-state index is 11.8. The van der Waals surface area contributed by atoms with Gasteiger partial charge in [-0.15, -0.1) is 0 Å². The Morgan fingerprint density at radius 3 is 1.53 bits per heavy atom. The number of unbranched alkanes of at least 4 members (excludes halogenated alkanes) is 10. The molecule has 0 atom stereocenters. The highest BCUT2D eigenvalue weighted by atomic mass is 16.6. The van der Waals surface area contributed by atoms with Crippen LogP contribution in [0.3, 0.4) is 0 Å². The number of benzene rings is 2. The van der Waals surface area contributed by atoms with Gasteiger partial charge in [0.2, 0.25) is 0 Å². The minimum Gasteiger partial charge on any atom is -0.427 e. The van der Waals surface area contributed by atoms with Crippen molar-refractivity contribution in [1.29, 1.82) is 0 Å². The van der Waals surface area contributed by atoms with Crippen LogP contribution in [0.4, 0.5) is 4.79 Å². The van der Waals surface area contributed by atoms with E-state index in [9.17, 15) is 9.59 Å².